The molecule has 0 aliphatic rings. The van der Waals surface area contributed by atoms with Gasteiger partial charge in [-0.15, -0.1) is 0 Å². The lowest BCUT2D eigenvalue weighted by Crippen LogP contribution is -2.00. The van der Waals surface area contributed by atoms with E-state index in [2.05, 4.69) is 231 Å². The Labute approximate surface area is 381 Å². The van der Waals surface area contributed by atoms with Crippen LogP contribution in [0.25, 0.3) is 153 Å². The first-order valence-corrected chi connectivity index (χ1v) is 23.1. The highest BCUT2D eigenvalue weighted by atomic mass is 14.3. The van der Waals surface area contributed by atoms with Gasteiger partial charge in [-0.2, -0.15) is 0 Å². The van der Waals surface area contributed by atoms with E-state index in [0.717, 1.165) is 0 Å². The molecule has 0 radical (unpaired) electrons. The normalized spacial score (nSPS) is 12.2. The van der Waals surface area contributed by atoms with Crippen LogP contribution < -0.4 is 0 Å². The summed E-state index contributed by atoms with van der Waals surface area (Å²) in [6.45, 7) is 0. The van der Waals surface area contributed by atoms with Crippen molar-refractivity contribution in [3.8, 4) is 55.6 Å². The predicted molar refractivity (Wildman–Crippen MR) is 285 cm³/mol. The second-order valence-corrected chi connectivity index (χ2v) is 18.2. The lowest BCUT2D eigenvalue weighted by molar-refractivity contribution is 1.56. The molecule has 0 heteroatoms. The molecule has 0 spiro atoms. The van der Waals surface area contributed by atoms with E-state index in [9.17, 15) is 0 Å². The van der Waals surface area contributed by atoms with Gasteiger partial charge in [-0.05, 0) is 159 Å². The zero-order valence-electron chi connectivity index (χ0n) is 35.9. The Balaban J connectivity index is 1.19. The Morgan fingerprint density at radius 2 is 0.500 bits per heavy atom. The summed E-state index contributed by atoms with van der Waals surface area (Å²) in [5.74, 6) is 0. The van der Waals surface area contributed by atoms with Gasteiger partial charge in [0, 0.05) is 0 Å². The molecule has 0 amide bonds. The summed E-state index contributed by atoms with van der Waals surface area (Å²) in [6.07, 6.45) is 0. The summed E-state index contributed by atoms with van der Waals surface area (Å²) in [7, 11) is 0. The van der Waals surface area contributed by atoms with E-state index in [1.165, 1.54) is 153 Å². The van der Waals surface area contributed by atoms with Crippen molar-refractivity contribution in [3.05, 3.63) is 231 Å². The van der Waals surface area contributed by atoms with Crippen molar-refractivity contribution in [3.63, 3.8) is 0 Å². The molecule has 66 heavy (non-hydrogen) atoms. The summed E-state index contributed by atoms with van der Waals surface area (Å²) in [6, 6.07) is 87.3. The zero-order chi connectivity index (χ0) is 43.0. The first-order valence-electron chi connectivity index (χ1n) is 23.1. The fourth-order valence-electron chi connectivity index (χ4n) is 12.1. The highest BCUT2D eigenvalue weighted by Crippen LogP contribution is 2.55. The Bertz CT molecular complexity index is 4380. The Hall–Kier alpha value is -8.58. The van der Waals surface area contributed by atoms with Gasteiger partial charge in [0.15, 0.2) is 0 Å². The van der Waals surface area contributed by atoms with E-state index in [1.54, 1.807) is 0 Å². The molecule has 0 N–H and O–H groups in total. The van der Waals surface area contributed by atoms with Crippen LogP contribution >= 0.6 is 0 Å². The fourth-order valence-corrected chi connectivity index (χ4v) is 12.1. The topological polar surface area (TPSA) is 0 Å². The number of benzene rings is 15. The lowest BCUT2D eigenvalue weighted by atomic mass is 9.75. The van der Waals surface area contributed by atoms with Crippen LogP contribution in [0.5, 0.6) is 0 Å². The standard InChI is InChI=1S/C66H38/c1-3-10-39(11-4-1)56-38-57(50-32-26-47-23-20-41-14-7-17-44-27-33-51(50)61(47)58(41)44)64(40-12-5-2-6-13-40)66(55-37-31-49-25-22-43-16-9-19-46-29-35-53(55)63(49)60(43)46)65(56)54-36-30-48-24-21-42-15-8-18-45-28-34-52(54)62(48)59(42)45/h1-38H. The van der Waals surface area contributed by atoms with Crippen molar-refractivity contribution in [2.24, 2.45) is 0 Å². The molecular weight excluding hydrogens is 793 g/mol. The number of hydrogen-bond acceptors (Lipinski definition) is 0. The van der Waals surface area contributed by atoms with Crippen LogP contribution in [0.2, 0.25) is 0 Å². The highest BCUT2D eigenvalue weighted by Gasteiger charge is 2.28. The van der Waals surface area contributed by atoms with E-state index in [-0.39, 0.29) is 0 Å². The molecule has 0 saturated carbocycles. The van der Waals surface area contributed by atoms with Crippen molar-refractivity contribution in [2.75, 3.05) is 0 Å². The molecule has 0 atom stereocenters. The highest BCUT2D eigenvalue weighted by molar-refractivity contribution is 6.31. The molecule has 0 aliphatic heterocycles. The van der Waals surface area contributed by atoms with Crippen LogP contribution in [-0.4, -0.2) is 0 Å². The zero-order valence-corrected chi connectivity index (χ0v) is 35.9. The number of rotatable bonds is 5. The quantitative estimate of drug-likeness (QED) is 0.152. The molecule has 15 aromatic rings. The minimum Gasteiger partial charge on any atom is -0.0622 e. The molecule has 0 heterocycles. The lowest BCUT2D eigenvalue weighted by Gasteiger charge is -2.27. The minimum absolute atomic E-state index is 1.19. The van der Waals surface area contributed by atoms with Gasteiger partial charge in [0.05, 0.1) is 0 Å². The first-order chi connectivity index (χ1) is 32.7. The van der Waals surface area contributed by atoms with Gasteiger partial charge in [0.25, 0.3) is 0 Å². The Morgan fingerprint density at radius 3 is 0.939 bits per heavy atom. The molecule has 0 fully saturated rings. The van der Waals surface area contributed by atoms with Crippen molar-refractivity contribution in [1.82, 2.24) is 0 Å². The monoisotopic (exact) mass is 830 g/mol. The van der Waals surface area contributed by atoms with Crippen molar-refractivity contribution < 1.29 is 0 Å². The maximum absolute atomic E-state index is 2.54. The van der Waals surface area contributed by atoms with Crippen molar-refractivity contribution in [2.45, 2.75) is 0 Å². The van der Waals surface area contributed by atoms with Gasteiger partial charge >= 0.3 is 0 Å². The molecule has 0 unspecified atom stereocenters. The van der Waals surface area contributed by atoms with Gasteiger partial charge in [0.1, 0.15) is 0 Å². The van der Waals surface area contributed by atoms with Crippen LogP contribution in [0.1, 0.15) is 0 Å². The molecule has 15 aromatic carbocycles. The maximum atomic E-state index is 2.54. The van der Waals surface area contributed by atoms with Crippen LogP contribution in [-0.2, 0) is 0 Å². The van der Waals surface area contributed by atoms with Gasteiger partial charge < -0.3 is 0 Å². The summed E-state index contributed by atoms with van der Waals surface area (Å²) in [4.78, 5) is 0. The summed E-state index contributed by atoms with van der Waals surface area (Å²) < 4.78 is 0. The van der Waals surface area contributed by atoms with Gasteiger partial charge in [-0.25, -0.2) is 0 Å². The van der Waals surface area contributed by atoms with E-state index in [1.807, 2.05) is 0 Å². The summed E-state index contributed by atoms with van der Waals surface area (Å²) in [5.41, 5.74) is 12.3. The second-order valence-electron chi connectivity index (χ2n) is 18.2. The maximum Gasteiger partial charge on any atom is -0.000785 e. The SMILES string of the molecule is c1ccc(-c2cc(-c3ccc4ccc5cccc6ccc3c4c56)c(-c3ccccc3)c(-c3ccc4ccc5cccc6ccc3c4c56)c2-c2ccc3ccc4cccc5ccc2c3c45)cc1. The third kappa shape index (κ3) is 4.93. The number of hydrogen-bond donors (Lipinski definition) is 0. The molecule has 0 aromatic heterocycles. The van der Waals surface area contributed by atoms with Gasteiger partial charge in [-0.1, -0.05) is 224 Å². The van der Waals surface area contributed by atoms with Crippen LogP contribution in [0.4, 0.5) is 0 Å². The van der Waals surface area contributed by atoms with E-state index < -0.39 is 0 Å². The average Bonchev–Trinajstić information content (AvgIpc) is 3.38. The van der Waals surface area contributed by atoms with E-state index in [0.29, 0.717) is 0 Å². The van der Waals surface area contributed by atoms with Crippen molar-refractivity contribution in [1.29, 1.82) is 0 Å². The third-order valence-corrected chi connectivity index (χ3v) is 14.9. The Morgan fingerprint density at radius 1 is 0.167 bits per heavy atom. The molecule has 0 bridgehead atoms. The third-order valence-electron chi connectivity index (χ3n) is 14.9. The largest absolute Gasteiger partial charge is 0.0622 e. The van der Waals surface area contributed by atoms with Gasteiger partial charge in [0.2, 0.25) is 0 Å². The van der Waals surface area contributed by atoms with Crippen LogP contribution in [0.3, 0.4) is 0 Å². The molecular formula is C66H38. The Kier molecular flexibility index (Phi) is 7.31. The fraction of sp³-hybridized carbons (Fsp3) is 0. The molecule has 0 aliphatic carbocycles. The first kappa shape index (κ1) is 35.8. The summed E-state index contributed by atoms with van der Waals surface area (Å²) >= 11 is 0. The minimum atomic E-state index is 1.19. The second kappa shape index (κ2) is 13.5. The molecule has 0 nitrogen and oxygen atoms in total. The molecule has 0 saturated heterocycles. The predicted octanol–water partition coefficient (Wildman–Crippen LogP) is 18.7. The van der Waals surface area contributed by atoms with E-state index in [4.69, 9.17) is 0 Å². The molecule has 302 valence electrons. The van der Waals surface area contributed by atoms with Crippen molar-refractivity contribution >= 4 is 97.0 Å². The average molecular weight is 831 g/mol. The smallest absolute Gasteiger partial charge is 0.000785 e. The van der Waals surface area contributed by atoms with Crippen LogP contribution in [0.15, 0.2) is 231 Å². The van der Waals surface area contributed by atoms with E-state index >= 15 is 0 Å². The summed E-state index contributed by atoms with van der Waals surface area (Å²) in [5, 5.41) is 23.1. The van der Waals surface area contributed by atoms with Crippen LogP contribution in [0, 0.1) is 0 Å². The molecule has 15 rings (SSSR count). The van der Waals surface area contributed by atoms with Gasteiger partial charge in [-0.3, -0.25) is 0 Å².